The lowest BCUT2D eigenvalue weighted by atomic mass is 10.2. The van der Waals surface area contributed by atoms with Crippen molar-refractivity contribution in [2.24, 2.45) is 5.10 Å². The van der Waals surface area contributed by atoms with Crippen LogP contribution in [0, 0.1) is 12.3 Å². The molecule has 0 saturated heterocycles. The summed E-state index contributed by atoms with van der Waals surface area (Å²) in [6, 6.07) is 7.09. The van der Waals surface area contributed by atoms with Gasteiger partial charge in [0.1, 0.15) is 12.4 Å². The lowest BCUT2D eigenvalue weighted by Crippen LogP contribution is -2.19. The van der Waals surface area contributed by atoms with Gasteiger partial charge in [-0.2, -0.15) is 5.10 Å². The number of nitrogens with one attached hydrogen (secondary N) is 2. The van der Waals surface area contributed by atoms with E-state index in [1.807, 2.05) is 0 Å². The van der Waals surface area contributed by atoms with Gasteiger partial charge in [0.2, 0.25) is 11.8 Å². The number of hydrogen-bond acceptors (Lipinski definition) is 5. The summed E-state index contributed by atoms with van der Waals surface area (Å²) < 4.78 is 5.24. The minimum absolute atomic E-state index is 0.182. The van der Waals surface area contributed by atoms with Gasteiger partial charge < -0.3 is 4.74 Å². The highest BCUT2D eigenvalue weighted by Gasteiger charge is 2.02. The number of hydrazone groups is 1. The molecule has 0 aliphatic carbocycles. The fraction of sp³-hybridized carbons (Fsp3) is 0.312. The number of terminal acetylenes is 1. The third kappa shape index (κ3) is 8.24. The Morgan fingerprint density at radius 3 is 2.48 bits per heavy atom. The zero-order valence-corrected chi connectivity index (χ0v) is 12.6. The smallest absolute Gasteiger partial charge is 0.243 e. The summed E-state index contributed by atoms with van der Waals surface area (Å²) in [5.74, 6) is 2.34. The van der Waals surface area contributed by atoms with E-state index < -0.39 is 5.91 Å². The molecule has 0 aromatic heterocycles. The Morgan fingerprint density at radius 1 is 1.22 bits per heavy atom. The maximum atomic E-state index is 11.5. The van der Waals surface area contributed by atoms with Gasteiger partial charge in [-0.3, -0.25) is 14.8 Å². The Hall–Kier alpha value is -2.85. The van der Waals surface area contributed by atoms with Crippen LogP contribution in [-0.2, 0) is 9.59 Å². The predicted octanol–water partition coefficient (Wildman–Crippen LogP) is 1.21. The van der Waals surface area contributed by atoms with Gasteiger partial charge in [0.15, 0.2) is 0 Å². The number of unbranched alkanes of at least 4 members (excludes halogenated alkanes) is 1. The van der Waals surface area contributed by atoms with E-state index in [9.17, 15) is 9.59 Å². The van der Waals surface area contributed by atoms with Crippen molar-refractivity contribution in [3.63, 3.8) is 0 Å². The number of hydroxylamine groups is 1. The van der Waals surface area contributed by atoms with Crippen molar-refractivity contribution in [2.75, 3.05) is 6.61 Å². The number of hydrogen-bond donors (Lipinski definition) is 3. The second-order valence-electron chi connectivity index (χ2n) is 4.60. The summed E-state index contributed by atoms with van der Waals surface area (Å²) in [4.78, 5) is 22.3. The van der Waals surface area contributed by atoms with Crippen molar-refractivity contribution < 1.29 is 19.5 Å². The minimum Gasteiger partial charge on any atom is -0.481 e. The second kappa shape index (κ2) is 10.8. The van der Waals surface area contributed by atoms with Crippen molar-refractivity contribution in [2.45, 2.75) is 25.7 Å². The van der Waals surface area contributed by atoms with Crippen LogP contribution in [0.25, 0.3) is 0 Å². The number of carbonyl (C=O) groups excluding carboxylic acids is 2. The molecule has 7 nitrogen and oxygen atoms in total. The van der Waals surface area contributed by atoms with Gasteiger partial charge in [-0.15, -0.1) is 6.42 Å². The molecule has 0 bridgehead atoms. The van der Waals surface area contributed by atoms with E-state index in [1.165, 1.54) is 11.7 Å². The number of rotatable bonds is 9. The number of carbonyl (C=O) groups is 2. The topological polar surface area (TPSA) is 100 Å². The Balaban J connectivity index is 2.25. The maximum Gasteiger partial charge on any atom is 0.243 e. The molecule has 1 aromatic carbocycles. The maximum absolute atomic E-state index is 11.5. The Kier molecular flexibility index (Phi) is 8.56. The van der Waals surface area contributed by atoms with Crippen LogP contribution in [0.4, 0.5) is 0 Å². The third-order valence-corrected chi connectivity index (χ3v) is 2.79. The van der Waals surface area contributed by atoms with Gasteiger partial charge in [0, 0.05) is 12.8 Å². The summed E-state index contributed by atoms with van der Waals surface area (Å²) in [7, 11) is 0. The van der Waals surface area contributed by atoms with Crippen LogP contribution >= 0.6 is 0 Å². The second-order valence-corrected chi connectivity index (χ2v) is 4.60. The molecular formula is C16H19N3O4. The highest BCUT2D eigenvalue weighted by molar-refractivity contribution is 5.82. The first kappa shape index (κ1) is 18.2. The van der Waals surface area contributed by atoms with Gasteiger partial charge in [-0.1, -0.05) is 5.92 Å². The van der Waals surface area contributed by atoms with E-state index >= 15 is 0 Å². The molecule has 1 rings (SSSR count). The van der Waals surface area contributed by atoms with Gasteiger partial charge >= 0.3 is 0 Å². The van der Waals surface area contributed by atoms with Crippen LogP contribution in [0.15, 0.2) is 29.4 Å². The van der Waals surface area contributed by atoms with Crippen molar-refractivity contribution in [3.8, 4) is 18.1 Å². The number of nitrogens with zero attached hydrogens (tertiary/aromatic N) is 1. The largest absolute Gasteiger partial charge is 0.481 e. The Bertz CT molecular complexity index is 576. The van der Waals surface area contributed by atoms with E-state index in [1.54, 1.807) is 24.3 Å². The van der Waals surface area contributed by atoms with Crippen LogP contribution in [0.3, 0.4) is 0 Å². The molecule has 1 aromatic rings. The van der Waals surface area contributed by atoms with Gasteiger partial charge in [0.25, 0.3) is 0 Å². The van der Waals surface area contributed by atoms with Gasteiger partial charge in [-0.25, -0.2) is 10.9 Å². The molecule has 0 heterocycles. The summed E-state index contributed by atoms with van der Waals surface area (Å²) in [5, 5.41) is 12.2. The molecule has 7 heteroatoms. The normalized spacial score (nSPS) is 10.1. The number of amides is 2. The molecule has 122 valence electrons. The van der Waals surface area contributed by atoms with Crippen molar-refractivity contribution in [3.05, 3.63) is 29.8 Å². The average molecular weight is 317 g/mol. The first-order valence-electron chi connectivity index (χ1n) is 7.07. The first-order chi connectivity index (χ1) is 11.2. The van der Waals surface area contributed by atoms with Crippen molar-refractivity contribution >= 4 is 18.0 Å². The molecule has 2 amide bonds. The Morgan fingerprint density at radius 2 is 1.87 bits per heavy atom. The molecule has 0 aliphatic rings. The lowest BCUT2D eigenvalue weighted by Gasteiger charge is -2.02. The van der Waals surface area contributed by atoms with E-state index in [0.717, 1.165) is 5.56 Å². The molecule has 0 atom stereocenters. The van der Waals surface area contributed by atoms with Crippen LogP contribution in [0.2, 0.25) is 0 Å². The molecule has 0 aliphatic heterocycles. The number of benzene rings is 1. The van der Waals surface area contributed by atoms with Gasteiger partial charge in [-0.05, 0) is 42.7 Å². The minimum atomic E-state index is -0.460. The summed E-state index contributed by atoms with van der Waals surface area (Å²) in [6.07, 6.45) is 8.11. The monoisotopic (exact) mass is 317 g/mol. The summed E-state index contributed by atoms with van der Waals surface area (Å²) in [5.41, 5.74) is 4.75. The lowest BCUT2D eigenvalue weighted by molar-refractivity contribution is -0.129. The number of ether oxygens (including phenoxy) is 1. The SMILES string of the molecule is C#CCOc1ccc(/C=N/NC(=O)CCCCC(=O)NO)cc1. The predicted molar refractivity (Wildman–Crippen MR) is 84.9 cm³/mol. The zero-order chi connectivity index (χ0) is 16.9. The average Bonchev–Trinajstić information content (AvgIpc) is 2.57. The van der Waals surface area contributed by atoms with Gasteiger partial charge in [0.05, 0.1) is 6.21 Å². The summed E-state index contributed by atoms with van der Waals surface area (Å²) in [6.45, 7) is 0.212. The van der Waals surface area contributed by atoms with Crippen LogP contribution in [-0.4, -0.2) is 29.8 Å². The Labute approximate surface area is 134 Å². The first-order valence-corrected chi connectivity index (χ1v) is 7.07. The molecule has 0 unspecified atom stereocenters. The van der Waals surface area contributed by atoms with Crippen LogP contribution < -0.4 is 15.6 Å². The molecule has 0 radical (unpaired) electrons. The van der Waals surface area contributed by atoms with E-state index in [-0.39, 0.29) is 25.4 Å². The molecule has 0 spiro atoms. The quantitative estimate of drug-likeness (QED) is 0.209. The zero-order valence-electron chi connectivity index (χ0n) is 12.6. The third-order valence-electron chi connectivity index (χ3n) is 2.79. The molecular weight excluding hydrogens is 298 g/mol. The molecule has 0 saturated carbocycles. The van der Waals surface area contributed by atoms with Crippen LogP contribution in [0.5, 0.6) is 5.75 Å². The fourth-order valence-corrected chi connectivity index (χ4v) is 1.64. The highest BCUT2D eigenvalue weighted by atomic mass is 16.5. The van der Waals surface area contributed by atoms with E-state index in [2.05, 4.69) is 16.4 Å². The van der Waals surface area contributed by atoms with Crippen molar-refractivity contribution in [1.29, 1.82) is 0 Å². The molecule has 3 N–H and O–H groups in total. The van der Waals surface area contributed by atoms with E-state index in [4.69, 9.17) is 16.4 Å². The highest BCUT2D eigenvalue weighted by Crippen LogP contribution is 2.10. The standard InChI is InChI=1S/C16H19N3O4/c1-2-11-23-14-9-7-13(8-10-14)12-17-18-15(20)5-3-4-6-16(21)19-22/h1,7-10,12,22H,3-6,11H2,(H,18,20)(H,19,21)/b17-12+. The van der Waals surface area contributed by atoms with Crippen molar-refractivity contribution in [1.82, 2.24) is 10.9 Å². The molecule has 23 heavy (non-hydrogen) atoms. The summed E-state index contributed by atoms with van der Waals surface area (Å²) >= 11 is 0. The molecule has 0 fully saturated rings. The van der Waals surface area contributed by atoms with E-state index in [0.29, 0.717) is 18.6 Å². The van der Waals surface area contributed by atoms with Crippen LogP contribution in [0.1, 0.15) is 31.2 Å². The fourth-order valence-electron chi connectivity index (χ4n) is 1.64.